The molecule has 162 valence electrons. The first-order valence-corrected chi connectivity index (χ1v) is 11.4. The lowest BCUT2D eigenvalue weighted by Crippen LogP contribution is -2.31. The molecule has 0 spiro atoms. The topological polar surface area (TPSA) is 67.0 Å². The lowest BCUT2D eigenvalue weighted by Gasteiger charge is -2.09. The first-order chi connectivity index (χ1) is 16.1. The highest BCUT2D eigenvalue weighted by Crippen LogP contribution is 2.24. The van der Waals surface area contributed by atoms with Crippen molar-refractivity contribution in [1.29, 1.82) is 0 Å². The van der Waals surface area contributed by atoms with Gasteiger partial charge in [-0.05, 0) is 36.8 Å². The van der Waals surface area contributed by atoms with Gasteiger partial charge < -0.3 is 0 Å². The fourth-order valence-electron chi connectivity index (χ4n) is 3.75. The van der Waals surface area contributed by atoms with E-state index in [1.165, 1.54) is 28.0 Å². The third kappa shape index (κ3) is 3.94. The highest BCUT2D eigenvalue weighted by atomic mass is 32.1. The van der Waals surface area contributed by atoms with Crippen molar-refractivity contribution in [1.82, 2.24) is 9.47 Å². The lowest BCUT2D eigenvalue weighted by atomic mass is 10.1. The number of hydrogen-bond acceptors (Lipinski definition) is 5. The van der Waals surface area contributed by atoms with Gasteiger partial charge >= 0.3 is 0 Å². The molecule has 0 atom stereocenters. The number of amides is 2. The van der Waals surface area contributed by atoms with Crippen LogP contribution in [0.15, 0.2) is 94.4 Å². The molecule has 1 aliphatic rings. The highest BCUT2D eigenvalue weighted by Gasteiger charge is 2.34. The Morgan fingerprint density at radius 3 is 2.15 bits per heavy atom. The molecule has 0 N–H and O–H groups in total. The fraction of sp³-hybridized carbons (Fsp3) is 0.0769. The van der Waals surface area contributed by atoms with Crippen molar-refractivity contribution in [3.8, 4) is 16.9 Å². The average molecular weight is 453 g/mol. The van der Waals surface area contributed by atoms with Gasteiger partial charge in [-0.1, -0.05) is 60.2 Å². The number of carbonyl (C=O) groups is 2. The molecule has 4 aromatic rings. The first kappa shape index (κ1) is 20.8. The van der Waals surface area contributed by atoms with Crippen molar-refractivity contribution in [2.45, 2.75) is 6.92 Å². The Morgan fingerprint density at radius 2 is 1.48 bits per heavy atom. The van der Waals surface area contributed by atoms with E-state index >= 15 is 0 Å². The predicted molar refractivity (Wildman–Crippen MR) is 130 cm³/mol. The standard InChI is InChI=1S/C26H20N4O2S/c1-18-11-13-19(14-12-18)23-17-33-26(30(23)20-7-3-2-4-8-20)28-27-15-16-29-24(31)21-9-5-6-10-22(21)25(29)32/h2-15,17H,16H2,1H3/b27-15+,28-26-. The van der Waals surface area contributed by atoms with Crippen molar-refractivity contribution < 1.29 is 9.59 Å². The summed E-state index contributed by atoms with van der Waals surface area (Å²) < 4.78 is 2.05. The number of rotatable bonds is 5. The molecule has 0 saturated heterocycles. The van der Waals surface area contributed by atoms with E-state index < -0.39 is 0 Å². The van der Waals surface area contributed by atoms with Gasteiger partial charge in [0, 0.05) is 17.3 Å². The summed E-state index contributed by atoms with van der Waals surface area (Å²) in [5, 5.41) is 10.6. The molecule has 6 nitrogen and oxygen atoms in total. The number of imide groups is 1. The molecule has 2 amide bonds. The van der Waals surface area contributed by atoms with Crippen LogP contribution in [0.4, 0.5) is 0 Å². The molecule has 0 radical (unpaired) electrons. The minimum absolute atomic E-state index is 0.0668. The Hall–Kier alpha value is -4.10. The summed E-state index contributed by atoms with van der Waals surface area (Å²) in [5.74, 6) is -0.613. The van der Waals surface area contributed by atoms with Crippen LogP contribution < -0.4 is 4.80 Å². The normalized spacial score (nSPS) is 13.8. The molecule has 1 aliphatic heterocycles. The van der Waals surface area contributed by atoms with Crippen molar-refractivity contribution in [2.24, 2.45) is 10.2 Å². The van der Waals surface area contributed by atoms with Crippen molar-refractivity contribution >= 4 is 29.4 Å². The highest BCUT2D eigenvalue weighted by molar-refractivity contribution is 7.07. The fourth-order valence-corrected chi connectivity index (χ4v) is 4.61. The Kier molecular flexibility index (Phi) is 5.54. The van der Waals surface area contributed by atoms with Crippen LogP contribution in [0.25, 0.3) is 16.9 Å². The van der Waals surface area contributed by atoms with Crippen molar-refractivity contribution in [2.75, 3.05) is 6.54 Å². The van der Waals surface area contributed by atoms with Gasteiger partial charge in [0.05, 0.1) is 23.4 Å². The average Bonchev–Trinajstić information content (AvgIpc) is 3.37. The monoisotopic (exact) mass is 452 g/mol. The van der Waals surface area contributed by atoms with Gasteiger partial charge in [0.25, 0.3) is 11.8 Å². The number of aromatic nitrogens is 1. The van der Waals surface area contributed by atoms with E-state index in [9.17, 15) is 9.59 Å². The van der Waals surface area contributed by atoms with Crippen LogP contribution in [0, 0.1) is 6.92 Å². The summed E-state index contributed by atoms with van der Waals surface area (Å²) >= 11 is 1.48. The van der Waals surface area contributed by atoms with Gasteiger partial charge in [-0.2, -0.15) is 5.10 Å². The molecule has 5 rings (SSSR count). The van der Waals surface area contributed by atoms with E-state index in [-0.39, 0.29) is 18.4 Å². The quantitative estimate of drug-likeness (QED) is 0.250. The molecule has 3 aromatic carbocycles. The zero-order valence-corrected chi connectivity index (χ0v) is 18.7. The summed E-state index contributed by atoms with van der Waals surface area (Å²) in [5.41, 5.74) is 5.12. The van der Waals surface area contributed by atoms with Gasteiger partial charge in [-0.3, -0.25) is 19.1 Å². The summed E-state index contributed by atoms with van der Waals surface area (Å²) in [6.45, 7) is 2.13. The first-order valence-electron chi connectivity index (χ1n) is 10.5. The molecule has 0 fully saturated rings. The van der Waals surface area contributed by atoms with Gasteiger partial charge in [-0.25, -0.2) is 0 Å². The van der Waals surface area contributed by atoms with Crippen molar-refractivity contribution in [3.05, 3.63) is 106 Å². The third-order valence-electron chi connectivity index (χ3n) is 5.44. The van der Waals surface area contributed by atoms with Crippen LogP contribution in [-0.2, 0) is 0 Å². The van der Waals surface area contributed by atoms with Crippen LogP contribution in [0.2, 0.25) is 0 Å². The van der Waals surface area contributed by atoms with Gasteiger partial charge in [0.1, 0.15) is 0 Å². The number of aryl methyl sites for hydroxylation is 1. The molecule has 7 heteroatoms. The second-order valence-corrected chi connectivity index (χ2v) is 8.44. The second kappa shape index (κ2) is 8.80. The molecule has 1 aromatic heterocycles. The molecule has 0 aliphatic carbocycles. The lowest BCUT2D eigenvalue weighted by molar-refractivity contribution is 0.0679. The van der Waals surface area contributed by atoms with Gasteiger partial charge in [0.2, 0.25) is 4.80 Å². The SMILES string of the molecule is Cc1ccc(-c2cs/c(=N\N=C\CN3C(=O)c4ccccc4C3=O)n2-c2ccccc2)cc1. The zero-order valence-electron chi connectivity index (χ0n) is 17.9. The van der Waals surface area contributed by atoms with Crippen LogP contribution >= 0.6 is 11.3 Å². The number of para-hydroxylation sites is 1. The molecule has 33 heavy (non-hydrogen) atoms. The minimum atomic E-state index is -0.306. The summed E-state index contributed by atoms with van der Waals surface area (Å²) in [6.07, 6.45) is 1.49. The van der Waals surface area contributed by atoms with E-state index in [1.807, 2.05) is 30.3 Å². The maximum atomic E-state index is 12.5. The van der Waals surface area contributed by atoms with Gasteiger partial charge in [-0.15, -0.1) is 16.4 Å². The van der Waals surface area contributed by atoms with Crippen LogP contribution in [-0.4, -0.2) is 34.0 Å². The van der Waals surface area contributed by atoms with E-state index in [1.54, 1.807) is 24.3 Å². The largest absolute Gasteiger partial charge is 0.284 e. The molecular formula is C26H20N4O2S. The maximum absolute atomic E-state index is 12.5. The molecule has 0 saturated carbocycles. The smallest absolute Gasteiger partial charge is 0.261 e. The van der Waals surface area contributed by atoms with E-state index in [0.717, 1.165) is 16.9 Å². The minimum Gasteiger partial charge on any atom is -0.284 e. The Morgan fingerprint density at radius 1 is 0.848 bits per heavy atom. The van der Waals surface area contributed by atoms with Crippen molar-refractivity contribution in [3.63, 3.8) is 0 Å². The molecule has 2 heterocycles. The number of fused-ring (bicyclic) bond motifs is 1. The Bertz CT molecular complexity index is 1400. The van der Waals surface area contributed by atoms with E-state index in [2.05, 4.69) is 51.3 Å². The summed E-state index contributed by atoms with van der Waals surface area (Å²) in [6, 6.07) is 25.1. The second-order valence-electron chi connectivity index (χ2n) is 7.61. The number of nitrogens with zero attached hydrogens (tertiary/aromatic N) is 4. The summed E-state index contributed by atoms with van der Waals surface area (Å²) in [7, 11) is 0. The van der Waals surface area contributed by atoms with E-state index in [0.29, 0.717) is 15.9 Å². The maximum Gasteiger partial charge on any atom is 0.261 e. The Balaban J connectivity index is 1.45. The Labute approximate surface area is 194 Å². The predicted octanol–water partition coefficient (Wildman–Crippen LogP) is 4.70. The van der Waals surface area contributed by atoms with E-state index in [4.69, 9.17) is 0 Å². The number of carbonyl (C=O) groups excluding carboxylic acids is 2. The summed E-state index contributed by atoms with van der Waals surface area (Å²) in [4.78, 5) is 26.9. The molecule has 0 bridgehead atoms. The van der Waals surface area contributed by atoms with Crippen LogP contribution in [0.5, 0.6) is 0 Å². The zero-order chi connectivity index (χ0) is 22.8. The van der Waals surface area contributed by atoms with Crippen LogP contribution in [0.3, 0.4) is 0 Å². The molecule has 0 unspecified atom stereocenters. The van der Waals surface area contributed by atoms with Crippen LogP contribution in [0.1, 0.15) is 26.3 Å². The molecular weight excluding hydrogens is 432 g/mol. The third-order valence-corrected chi connectivity index (χ3v) is 6.25. The number of hydrogen-bond donors (Lipinski definition) is 0. The van der Waals surface area contributed by atoms with Gasteiger partial charge in [0.15, 0.2) is 0 Å². The number of thiazole rings is 1. The number of benzene rings is 3.